The van der Waals surface area contributed by atoms with Crippen LogP contribution in [0.1, 0.15) is 11.1 Å². The van der Waals surface area contributed by atoms with Gasteiger partial charge in [-0.25, -0.2) is 0 Å². The molecule has 1 aliphatic rings. The first kappa shape index (κ1) is 11.3. The fraction of sp³-hybridized carbons (Fsp3) is 0.273. The van der Waals surface area contributed by atoms with Crippen LogP contribution in [0.5, 0.6) is 5.75 Å². The minimum atomic E-state index is -4.39. The van der Waals surface area contributed by atoms with Crippen LogP contribution in [0, 0.1) is 6.92 Å². The third-order valence-corrected chi connectivity index (χ3v) is 2.50. The van der Waals surface area contributed by atoms with Crippen LogP contribution in [0.3, 0.4) is 0 Å². The molecule has 0 aliphatic carbocycles. The van der Waals surface area contributed by atoms with Gasteiger partial charge in [0.05, 0.1) is 0 Å². The SMILES string of the molecule is Cc1cc(Cl)cc2c1O[C@H](C(F)(F)F)C=C2. The van der Waals surface area contributed by atoms with E-state index >= 15 is 0 Å². The molecule has 1 aromatic rings. The topological polar surface area (TPSA) is 9.23 Å². The molecular weight excluding hydrogens is 241 g/mol. The van der Waals surface area contributed by atoms with Crippen molar-refractivity contribution >= 4 is 17.7 Å². The molecule has 86 valence electrons. The molecule has 1 aliphatic heterocycles. The monoisotopic (exact) mass is 248 g/mol. The van der Waals surface area contributed by atoms with E-state index in [1.54, 1.807) is 19.1 Å². The summed E-state index contributed by atoms with van der Waals surface area (Å²) in [6.07, 6.45) is -3.89. The van der Waals surface area contributed by atoms with Crippen molar-refractivity contribution in [3.63, 3.8) is 0 Å². The van der Waals surface area contributed by atoms with Crippen molar-refractivity contribution < 1.29 is 17.9 Å². The number of fused-ring (bicyclic) bond motifs is 1. The van der Waals surface area contributed by atoms with Crippen molar-refractivity contribution in [3.05, 3.63) is 34.4 Å². The van der Waals surface area contributed by atoms with Gasteiger partial charge in [0.2, 0.25) is 6.10 Å². The number of rotatable bonds is 0. The fourth-order valence-electron chi connectivity index (χ4n) is 1.57. The van der Waals surface area contributed by atoms with Crippen molar-refractivity contribution in [2.45, 2.75) is 19.2 Å². The number of hydrogen-bond acceptors (Lipinski definition) is 1. The van der Waals surface area contributed by atoms with Gasteiger partial charge in [-0.15, -0.1) is 0 Å². The summed E-state index contributed by atoms with van der Waals surface area (Å²) in [6, 6.07) is 3.15. The first-order valence-corrected chi connectivity index (χ1v) is 4.97. The fourth-order valence-corrected chi connectivity index (χ4v) is 1.86. The van der Waals surface area contributed by atoms with Crippen molar-refractivity contribution in [2.24, 2.45) is 0 Å². The number of alkyl halides is 3. The van der Waals surface area contributed by atoms with Crippen molar-refractivity contribution in [3.8, 4) is 5.75 Å². The third-order valence-electron chi connectivity index (χ3n) is 2.29. The van der Waals surface area contributed by atoms with Crippen LogP contribution < -0.4 is 4.74 Å². The van der Waals surface area contributed by atoms with Crippen LogP contribution >= 0.6 is 11.6 Å². The van der Waals surface area contributed by atoms with Gasteiger partial charge < -0.3 is 4.74 Å². The predicted molar refractivity (Wildman–Crippen MR) is 55.7 cm³/mol. The maximum Gasteiger partial charge on any atom is 0.429 e. The van der Waals surface area contributed by atoms with E-state index in [4.69, 9.17) is 16.3 Å². The van der Waals surface area contributed by atoms with Crippen molar-refractivity contribution in [1.82, 2.24) is 0 Å². The average Bonchev–Trinajstić information content (AvgIpc) is 2.15. The van der Waals surface area contributed by atoms with Gasteiger partial charge >= 0.3 is 6.18 Å². The van der Waals surface area contributed by atoms with E-state index < -0.39 is 12.3 Å². The molecular formula is C11H8ClF3O. The average molecular weight is 249 g/mol. The molecule has 1 atom stereocenters. The Hall–Kier alpha value is -1.16. The third kappa shape index (κ3) is 2.02. The van der Waals surface area contributed by atoms with Crippen LogP contribution in [0.4, 0.5) is 13.2 Å². The van der Waals surface area contributed by atoms with Gasteiger partial charge in [-0.1, -0.05) is 17.7 Å². The number of ether oxygens (including phenoxy) is 1. The zero-order valence-electron chi connectivity index (χ0n) is 8.31. The number of halogens is 4. The Kier molecular flexibility index (Phi) is 2.62. The molecule has 0 unspecified atom stereocenters. The van der Waals surface area contributed by atoms with Crippen LogP contribution in [-0.4, -0.2) is 12.3 Å². The highest BCUT2D eigenvalue weighted by atomic mass is 35.5. The maximum absolute atomic E-state index is 12.4. The van der Waals surface area contributed by atoms with Crippen molar-refractivity contribution in [1.29, 1.82) is 0 Å². The highest BCUT2D eigenvalue weighted by molar-refractivity contribution is 6.30. The Labute approximate surface area is 95.5 Å². The summed E-state index contributed by atoms with van der Waals surface area (Å²) in [5.74, 6) is 0.245. The molecule has 0 bridgehead atoms. The van der Waals surface area contributed by atoms with Gasteiger partial charge in [0.25, 0.3) is 0 Å². The Morgan fingerprint density at radius 1 is 1.31 bits per heavy atom. The Bertz CT molecular complexity index is 451. The molecule has 1 nitrogen and oxygen atoms in total. The predicted octanol–water partition coefficient (Wildman–Crippen LogP) is 3.98. The lowest BCUT2D eigenvalue weighted by Crippen LogP contribution is -2.34. The van der Waals surface area contributed by atoms with Gasteiger partial charge in [0.15, 0.2) is 0 Å². The molecule has 16 heavy (non-hydrogen) atoms. The lowest BCUT2D eigenvalue weighted by molar-refractivity contribution is -0.180. The van der Waals surface area contributed by atoms with Crippen LogP contribution in [0.25, 0.3) is 6.08 Å². The second-order valence-corrected chi connectivity index (χ2v) is 4.02. The maximum atomic E-state index is 12.4. The summed E-state index contributed by atoms with van der Waals surface area (Å²) in [7, 11) is 0. The highest BCUT2D eigenvalue weighted by Gasteiger charge is 2.41. The number of benzene rings is 1. The summed E-state index contributed by atoms with van der Waals surface area (Å²) in [5, 5.41) is 0.481. The highest BCUT2D eigenvalue weighted by Crippen LogP contribution is 2.36. The molecule has 0 aromatic heterocycles. The van der Waals surface area contributed by atoms with Gasteiger partial charge in [-0.05, 0) is 30.7 Å². The first-order chi connectivity index (χ1) is 7.38. The lowest BCUT2D eigenvalue weighted by atomic mass is 10.1. The van der Waals surface area contributed by atoms with E-state index in [1.165, 1.54) is 6.08 Å². The summed E-state index contributed by atoms with van der Waals surface area (Å²) in [4.78, 5) is 0. The zero-order valence-corrected chi connectivity index (χ0v) is 9.06. The van der Waals surface area contributed by atoms with Gasteiger partial charge in [-0.3, -0.25) is 0 Å². The molecule has 5 heteroatoms. The summed E-state index contributed by atoms with van der Waals surface area (Å²) < 4.78 is 42.2. The van der Waals surface area contributed by atoms with E-state index in [0.29, 0.717) is 16.1 Å². The molecule has 2 rings (SSSR count). The van der Waals surface area contributed by atoms with E-state index in [2.05, 4.69) is 0 Å². The van der Waals surface area contributed by atoms with Crippen LogP contribution in [0.15, 0.2) is 18.2 Å². The molecule has 1 aromatic carbocycles. The van der Waals surface area contributed by atoms with E-state index in [-0.39, 0.29) is 5.75 Å². The van der Waals surface area contributed by atoms with E-state index in [1.807, 2.05) is 0 Å². The molecule has 0 spiro atoms. The molecule has 0 fully saturated rings. The molecule has 0 saturated heterocycles. The van der Waals surface area contributed by atoms with Gasteiger partial charge in [-0.2, -0.15) is 13.2 Å². The Morgan fingerprint density at radius 2 is 2.00 bits per heavy atom. The van der Waals surface area contributed by atoms with Crippen LogP contribution in [-0.2, 0) is 0 Å². The Morgan fingerprint density at radius 3 is 2.62 bits per heavy atom. The smallest absolute Gasteiger partial charge is 0.429 e. The summed E-state index contributed by atoms with van der Waals surface area (Å²) >= 11 is 5.80. The molecule has 0 amide bonds. The van der Waals surface area contributed by atoms with E-state index in [0.717, 1.165) is 6.08 Å². The number of aryl methyl sites for hydroxylation is 1. The quantitative estimate of drug-likeness (QED) is 0.675. The van der Waals surface area contributed by atoms with Crippen LogP contribution in [0.2, 0.25) is 5.02 Å². The first-order valence-electron chi connectivity index (χ1n) is 4.59. The lowest BCUT2D eigenvalue weighted by Gasteiger charge is -2.24. The van der Waals surface area contributed by atoms with Gasteiger partial charge in [0, 0.05) is 10.6 Å². The standard InChI is InChI=1S/C11H8ClF3O/c1-6-4-8(12)5-7-2-3-9(11(13,14)15)16-10(6)7/h2-5,9H,1H3/t9-/m0/s1. The number of hydrogen-bond donors (Lipinski definition) is 0. The minimum Gasteiger partial charge on any atom is -0.476 e. The largest absolute Gasteiger partial charge is 0.476 e. The Balaban J connectivity index is 2.42. The molecule has 0 N–H and O–H groups in total. The van der Waals surface area contributed by atoms with E-state index in [9.17, 15) is 13.2 Å². The summed E-state index contributed by atoms with van der Waals surface area (Å²) in [6.45, 7) is 1.66. The zero-order chi connectivity index (χ0) is 11.9. The second-order valence-electron chi connectivity index (χ2n) is 3.58. The van der Waals surface area contributed by atoms with Gasteiger partial charge in [0.1, 0.15) is 5.75 Å². The molecule has 0 saturated carbocycles. The second kappa shape index (κ2) is 3.70. The normalized spacial score (nSPS) is 19.2. The van der Waals surface area contributed by atoms with Crippen molar-refractivity contribution in [2.75, 3.05) is 0 Å². The summed E-state index contributed by atoms with van der Waals surface area (Å²) in [5.41, 5.74) is 1.17. The minimum absolute atomic E-state index is 0.245. The molecule has 0 radical (unpaired) electrons. The molecule has 1 heterocycles.